The first-order valence-corrected chi connectivity index (χ1v) is 6.00. The molecule has 0 saturated carbocycles. The lowest BCUT2D eigenvalue weighted by molar-refractivity contribution is -0.142. The average molecular weight is 210 g/mol. The van der Waals surface area contributed by atoms with Gasteiger partial charge in [-0.25, -0.2) is 0 Å². The van der Waals surface area contributed by atoms with Crippen LogP contribution in [-0.4, -0.2) is 16.8 Å². The van der Waals surface area contributed by atoms with Gasteiger partial charge >= 0.3 is 5.97 Å². The highest BCUT2D eigenvalue weighted by atomic mass is 32.2. The maximum absolute atomic E-state index is 11.0. The number of allylic oxidation sites excluding steroid dienone is 4. The van der Waals surface area contributed by atoms with Crippen LogP contribution in [-0.2, 0) is 4.79 Å². The zero-order valence-corrected chi connectivity index (χ0v) is 8.80. The summed E-state index contributed by atoms with van der Waals surface area (Å²) in [5, 5.41) is 9.06. The van der Waals surface area contributed by atoms with Gasteiger partial charge in [0.2, 0.25) is 0 Å². The molecule has 76 valence electrons. The van der Waals surface area contributed by atoms with Crippen LogP contribution in [0.5, 0.6) is 0 Å². The molecule has 3 heteroatoms. The molecule has 2 atom stereocenters. The molecule has 1 saturated heterocycles. The summed E-state index contributed by atoms with van der Waals surface area (Å²) in [5.74, 6) is 0.246. The van der Waals surface area contributed by atoms with Crippen LogP contribution in [0.15, 0.2) is 23.1 Å². The van der Waals surface area contributed by atoms with E-state index in [-0.39, 0.29) is 11.8 Å². The highest BCUT2D eigenvalue weighted by molar-refractivity contribution is 8.03. The number of carboxylic acid groups (broad SMARTS) is 1. The van der Waals surface area contributed by atoms with Crippen LogP contribution < -0.4 is 0 Å². The van der Waals surface area contributed by atoms with Crippen LogP contribution in [0, 0.1) is 11.8 Å². The van der Waals surface area contributed by atoms with E-state index in [4.69, 9.17) is 5.11 Å². The average Bonchev–Trinajstić information content (AvgIpc) is 2.47. The van der Waals surface area contributed by atoms with E-state index in [0.717, 1.165) is 25.0 Å². The summed E-state index contributed by atoms with van der Waals surface area (Å²) < 4.78 is 0. The Morgan fingerprint density at radius 3 is 3.21 bits per heavy atom. The maximum atomic E-state index is 11.0. The molecule has 2 nitrogen and oxygen atoms in total. The van der Waals surface area contributed by atoms with Gasteiger partial charge < -0.3 is 5.11 Å². The monoisotopic (exact) mass is 210 g/mol. The third kappa shape index (κ3) is 1.87. The van der Waals surface area contributed by atoms with E-state index in [1.165, 1.54) is 4.91 Å². The lowest BCUT2D eigenvalue weighted by atomic mass is 9.88. The molecule has 14 heavy (non-hydrogen) atoms. The molecule has 1 heterocycles. The fourth-order valence-electron chi connectivity index (χ4n) is 2.08. The van der Waals surface area contributed by atoms with Crippen LogP contribution in [0.3, 0.4) is 0 Å². The zero-order chi connectivity index (χ0) is 9.97. The van der Waals surface area contributed by atoms with Gasteiger partial charge in [0.1, 0.15) is 0 Å². The van der Waals surface area contributed by atoms with Gasteiger partial charge in [0.15, 0.2) is 0 Å². The normalized spacial score (nSPS) is 37.6. The summed E-state index contributed by atoms with van der Waals surface area (Å²) in [5.41, 5.74) is 0. The van der Waals surface area contributed by atoms with Crippen LogP contribution in [0.25, 0.3) is 0 Å². The number of hydrogen-bond acceptors (Lipinski definition) is 2. The Kier molecular flexibility index (Phi) is 2.96. The highest BCUT2D eigenvalue weighted by Crippen LogP contribution is 2.43. The van der Waals surface area contributed by atoms with Crippen molar-refractivity contribution in [3.05, 3.63) is 23.1 Å². The molecule has 1 fully saturated rings. The van der Waals surface area contributed by atoms with E-state index >= 15 is 0 Å². The molecule has 0 radical (unpaired) electrons. The molecule has 1 aliphatic heterocycles. The van der Waals surface area contributed by atoms with Gasteiger partial charge in [-0.05, 0) is 24.2 Å². The number of hydrogen-bond donors (Lipinski definition) is 1. The number of rotatable bonds is 1. The van der Waals surface area contributed by atoms with Crippen molar-refractivity contribution < 1.29 is 9.90 Å². The first kappa shape index (κ1) is 9.84. The molecular formula is C11H14O2S. The molecule has 0 bridgehead atoms. The van der Waals surface area contributed by atoms with E-state index in [1.807, 2.05) is 0 Å². The number of carboxylic acids is 1. The zero-order valence-electron chi connectivity index (χ0n) is 7.98. The second-order valence-electron chi connectivity index (χ2n) is 3.79. The predicted molar refractivity (Wildman–Crippen MR) is 58.1 cm³/mol. The third-order valence-corrected chi connectivity index (χ3v) is 4.18. The summed E-state index contributed by atoms with van der Waals surface area (Å²) in [6.07, 6.45) is 9.55. The summed E-state index contributed by atoms with van der Waals surface area (Å²) in [4.78, 5) is 12.3. The van der Waals surface area contributed by atoms with Crippen molar-refractivity contribution >= 4 is 17.7 Å². The fraction of sp³-hybridized carbons (Fsp3) is 0.545. The smallest absolute Gasteiger partial charge is 0.307 e. The van der Waals surface area contributed by atoms with Crippen molar-refractivity contribution in [3.8, 4) is 0 Å². The SMILES string of the molecule is O=C(O)C1CS/C2=C/C=C\CCCC21. The number of thioether (sulfide) groups is 1. The minimum Gasteiger partial charge on any atom is -0.481 e. The van der Waals surface area contributed by atoms with Gasteiger partial charge in [0.25, 0.3) is 0 Å². The summed E-state index contributed by atoms with van der Waals surface area (Å²) in [6.45, 7) is 0. The van der Waals surface area contributed by atoms with Gasteiger partial charge in [-0.3, -0.25) is 4.79 Å². The quantitative estimate of drug-likeness (QED) is 0.723. The summed E-state index contributed by atoms with van der Waals surface area (Å²) in [7, 11) is 0. The Morgan fingerprint density at radius 2 is 2.43 bits per heavy atom. The number of fused-ring (bicyclic) bond motifs is 1. The summed E-state index contributed by atoms with van der Waals surface area (Å²) >= 11 is 1.71. The van der Waals surface area contributed by atoms with Crippen LogP contribution in [0.1, 0.15) is 19.3 Å². The Bertz CT molecular complexity index is 294. The Hall–Kier alpha value is -0.700. The van der Waals surface area contributed by atoms with Crippen molar-refractivity contribution in [1.29, 1.82) is 0 Å². The van der Waals surface area contributed by atoms with Crippen molar-refractivity contribution in [2.75, 3.05) is 5.75 Å². The first-order valence-electron chi connectivity index (χ1n) is 5.01. The fourth-order valence-corrected chi connectivity index (χ4v) is 3.50. The van der Waals surface area contributed by atoms with Crippen molar-refractivity contribution in [2.45, 2.75) is 19.3 Å². The highest BCUT2D eigenvalue weighted by Gasteiger charge is 2.36. The molecule has 1 aliphatic carbocycles. The largest absolute Gasteiger partial charge is 0.481 e. The molecule has 0 aromatic rings. The maximum Gasteiger partial charge on any atom is 0.307 e. The summed E-state index contributed by atoms with van der Waals surface area (Å²) in [6, 6.07) is 0. The van der Waals surface area contributed by atoms with Crippen molar-refractivity contribution in [1.82, 2.24) is 0 Å². The molecule has 0 aromatic carbocycles. The van der Waals surface area contributed by atoms with E-state index < -0.39 is 5.97 Å². The first-order chi connectivity index (χ1) is 6.79. The van der Waals surface area contributed by atoms with Crippen LogP contribution in [0.4, 0.5) is 0 Å². The van der Waals surface area contributed by atoms with Gasteiger partial charge in [-0.2, -0.15) is 0 Å². The van der Waals surface area contributed by atoms with E-state index in [9.17, 15) is 4.79 Å². The topological polar surface area (TPSA) is 37.3 Å². The van der Waals surface area contributed by atoms with Gasteiger partial charge in [-0.1, -0.05) is 18.2 Å². The Morgan fingerprint density at radius 1 is 1.57 bits per heavy atom. The molecule has 2 aliphatic rings. The van der Waals surface area contributed by atoms with Gasteiger partial charge in [-0.15, -0.1) is 11.8 Å². The van der Waals surface area contributed by atoms with E-state index in [2.05, 4.69) is 18.2 Å². The minimum atomic E-state index is -0.629. The molecule has 2 unspecified atom stereocenters. The molecule has 0 aromatic heterocycles. The van der Waals surface area contributed by atoms with Gasteiger partial charge in [0.05, 0.1) is 5.92 Å². The second-order valence-corrected chi connectivity index (χ2v) is 4.88. The van der Waals surface area contributed by atoms with Crippen molar-refractivity contribution in [2.24, 2.45) is 11.8 Å². The van der Waals surface area contributed by atoms with E-state index in [1.54, 1.807) is 11.8 Å². The molecule has 1 N–H and O–H groups in total. The van der Waals surface area contributed by atoms with Gasteiger partial charge in [0, 0.05) is 11.7 Å². The Balaban J connectivity index is 2.19. The molecule has 0 amide bonds. The van der Waals surface area contributed by atoms with E-state index in [0.29, 0.717) is 0 Å². The molecule has 0 spiro atoms. The predicted octanol–water partition coefficient (Wildman–Crippen LogP) is 2.67. The minimum absolute atomic E-state index is 0.155. The van der Waals surface area contributed by atoms with Crippen LogP contribution in [0.2, 0.25) is 0 Å². The second kappa shape index (κ2) is 4.22. The Labute approximate surface area is 88.1 Å². The number of aliphatic carboxylic acids is 1. The number of carbonyl (C=O) groups is 1. The lowest BCUT2D eigenvalue weighted by Crippen LogP contribution is -2.21. The van der Waals surface area contributed by atoms with Crippen LogP contribution >= 0.6 is 11.8 Å². The third-order valence-electron chi connectivity index (χ3n) is 2.88. The van der Waals surface area contributed by atoms with Crippen molar-refractivity contribution in [3.63, 3.8) is 0 Å². The molecular weight excluding hydrogens is 196 g/mol. The standard InChI is InChI=1S/C11H14O2S/c12-11(13)9-7-14-10-6-4-2-1-3-5-8(9)10/h2,4,6,8-9H,1,3,5,7H2,(H,12,13)/b4-2-,10-6+. The lowest BCUT2D eigenvalue weighted by Gasteiger charge is -2.16. The molecule has 2 rings (SSSR count).